The van der Waals surface area contributed by atoms with Crippen LogP contribution in [-0.2, 0) is 17.9 Å². The van der Waals surface area contributed by atoms with Crippen molar-refractivity contribution in [1.82, 2.24) is 4.90 Å². The summed E-state index contributed by atoms with van der Waals surface area (Å²) in [6.45, 7) is 1.34. The Hall–Kier alpha value is -2.66. The molecule has 0 spiro atoms. The molecular weight excluding hydrogens is 304 g/mol. The normalized spacial score (nSPS) is 14.0. The Bertz CT molecular complexity index is 741. The highest BCUT2D eigenvalue weighted by Crippen LogP contribution is 2.16. The zero-order valence-electron chi connectivity index (χ0n) is 13.4. The smallest absolute Gasteiger partial charge is 0.255 e. The van der Waals surface area contributed by atoms with E-state index in [1.54, 1.807) is 36.4 Å². The Labute approximate surface area is 140 Å². The molecule has 1 fully saturated rings. The van der Waals surface area contributed by atoms with Gasteiger partial charge in [0.2, 0.25) is 5.91 Å². The molecule has 0 bridgehead atoms. The van der Waals surface area contributed by atoms with Crippen molar-refractivity contribution in [2.45, 2.75) is 26.0 Å². The van der Waals surface area contributed by atoms with Crippen molar-refractivity contribution in [3.63, 3.8) is 0 Å². The minimum absolute atomic E-state index is 0.0619. The summed E-state index contributed by atoms with van der Waals surface area (Å²) in [6, 6.07) is 14.4. The lowest BCUT2D eigenvalue weighted by molar-refractivity contribution is -0.128. The van der Waals surface area contributed by atoms with Gasteiger partial charge in [0.05, 0.1) is 6.61 Å². The van der Waals surface area contributed by atoms with Crippen LogP contribution in [0.25, 0.3) is 0 Å². The van der Waals surface area contributed by atoms with Gasteiger partial charge in [0.15, 0.2) is 0 Å². The molecule has 0 saturated carbocycles. The highest BCUT2D eigenvalue weighted by molar-refractivity contribution is 6.04. The second kappa shape index (κ2) is 7.27. The molecule has 1 saturated heterocycles. The predicted octanol–water partition coefficient (Wildman–Crippen LogP) is 2.55. The van der Waals surface area contributed by atoms with Crippen LogP contribution >= 0.6 is 0 Å². The molecule has 0 aromatic heterocycles. The number of anilines is 1. The molecule has 24 heavy (non-hydrogen) atoms. The number of hydrogen-bond acceptors (Lipinski definition) is 3. The third-order valence-corrected chi connectivity index (χ3v) is 4.13. The van der Waals surface area contributed by atoms with E-state index in [0.29, 0.717) is 24.2 Å². The SMILES string of the molecule is O=C(Nc1cccc(CO)c1)c1ccc(CN2CCCC2=O)cc1. The minimum Gasteiger partial charge on any atom is -0.392 e. The highest BCUT2D eigenvalue weighted by Gasteiger charge is 2.19. The number of nitrogens with one attached hydrogen (secondary N) is 1. The van der Waals surface area contributed by atoms with Crippen LogP contribution in [0.3, 0.4) is 0 Å². The third kappa shape index (κ3) is 3.81. The molecule has 124 valence electrons. The van der Waals surface area contributed by atoms with Gasteiger partial charge in [-0.15, -0.1) is 0 Å². The lowest BCUT2D eigenvalue weighted by atomic mass is 10.1. The molecule has 5 heteroatoms. The van der Waals surface area contributed by atoms with Crippen molar-refractivity contribution in [2.24, 2.45) is 0 Å². The molecule has 2 amide bonds. The molecule has 2 aromatic rings. The topological polar surface area (TPSA) is 69.6 Å². The first-order valence-corrected chi connectivity index (χ1v) is 8.03. The molecule has 0 atom stereocenters. The maximum Gasteiger partial charge on any atom is 0.255 e. The second-order valence-electron chi connectivity index (χ2n) is 5.93. The average Bonchev–Trinajstić information content (AvgIpc) is 3.00. The summed E-state index contributed by atoms with van der Waals surface area (Å²) in [4.78, 5) is 25.8. The summed E-state index contributed by atoms with van der Waals surface area (Å²) < 4.78 is 0. The molecule has 5 nitrogen and oxygen atoms in total. The number of amides is 2. The number of benzene rings is 2. The predicted molar refractivity (Wildman–Crippen MR) is 91.4 cm³/mol. The van der Waals surface area contributed by atoms with E-state index in [-0.39, 0.29) is 18.4 Å². The molecule has 2 N–H and O–H groups in total. The summed E-state index contributed by atoms with van der Waals surface area (Å²) in [6.07, 6.45) is 1.56. The van der Waals surface area contributed by atoms with Gasteiger partial charge in [0, 0.05) is 30.8 Å². The largest absolute Gasteiger partial charge is 0.392 e. The monoisotopic (exact) mass is 324 g/mol. The number of carbonyl (C=O) groups is 2. The summed E-state index contributed by atoms with van der Waals surface area (Å²) in [5, 5.41) is 12.0. The van der Waals surface area contributed by atoms with E-state index in [0.717, 1.165) is 24.1 Å². The van der Waals surface area contributed by atoms with Crippen molar-refractivity contribution >= 4 is 17.5 Å². The van der Waals surface area contributed by atoms with E-state index in [2.05, 4.69) is 5.32 Å². The van der Waals surface area contributed by atoms with E-state index in [1.807, 2.05) is 17.0 Å². The Morgan fingerprint density at radius 3 is 2.58 bits per heavy atom. The standard InChI is InChI=1S/C19H20N2O3/c22-13-15-3-1-4-17(11-15)20-19(24)16-8-6-14(7-9-16)12-21-10-2-5-18(21)23/h1,3-4,6-9,11,22H,2,5,10,12-13H2,(H,20,24). The van der Waals surface area contributed by atoms with Gasteiger partial charge in [-0.25, -0.2) is 0 Å². The first-order valence-electron chi connectivity index (χ1n) is 8.03. The number of rotatable bonds is 5. The van der Waals surface area contributed by atoms with Gasteiger partial charge >= 0.3 is 0 Å². The lowest BCUT2D eigenvalue weighted by Gasteiger charge is -2.15. The number of carbonyl (C=O) groups excluding carboxylic acids is 2. The molecule has 1 aliphatic heterocycles. The highest BCUT2D eigenvalue weighted by atomic mass is 16.3. The fraction of sp³-hybridized carbons (Fsp3) is 0.263. The molecular formula is C19H20N2O3. The van der Waals surface area contributed by atoms with Gasteiger partial charge in [0.1, 0.15) is 0 Å². The third-order valence-electron chi connectivity index (χ3n) is 4.13. The van der Waals surface area contributed by atoms with E-state index in [9.17, 15) is 9.59 Å². The van der Waals surface area contributed by atoms with E-state index in [1.165, 1.54) is 0 Å². The van der Waals surface area contributed by atoms with Crippen LogP contribution in [0.1, 0.15) is 34.3 Å². The van der Waals surface area contributed by atoms with Gasteiger partial charge in [-0.2, -0.15) is 0 Å². The number of hydrogen-bond donors (Lipinski definition) is 2. The number of nitrogens with zero attached hydrogens (tertiary/aromatic N) is 1. The Balaban J connectivity index is 1.64. The quantitative estimate of drug-likeness (QED) is 0.888. The van der Waals surface area contributed by atoms with E-state index >= 15 is 0 Å². The Morgan fingerprint density at radius 2 is 1.92 bits per heavy atom. The van der Waals surface area contributed by atoms with Crippen LogP contribution in [0.4, 0.5) is 5.69 Å². The maximum atomic E-state index is 12.3. The van der Waals surface area contributed by atoms with Gasteiger partial charge < -0.3 is 15.3 Å². The minimum atomic E-state index is -0.200. The van der Waals surface area contributed by atoms with E-state index in [4.69, 9.17) is 5.11 Å². The number of aliphatic hydroxyl groups is 1. The van der Waals surface area contributed by atoms with Crippen LogP contribution in [-0.4, -0.2) is 28.4 Å². The van der Waals surface area contributed by atoms with E-state index < -0.39 is 0 Å². The van der Waals surface area contributed by atoms with Crippen molar-refractivity contribution in [1.29, 1.82) is 0 Å². The molecule has 3 rings (SSSR count). The average molecular weight is 324 g/mol. The van der Waals surface area contributed by atoms with Crippen LogP contribution in [0.5, 0.6) is 0 Å². The summed E-state index contributed by atoms with van der Waals surface area (Å²) >= 11 is 0. The van der Waals surface area contributed by atoms with Crippen LogP contribution in [0.15, 0.2) is 48.5 Å². The van der Waals surface area contributed by atoms with Crippen molar-refractivity contribution in [3.8, 4) is 0 Å². The fourth-order valence-electron chi connectivity index (χ4n) is 2.80. The van der Waals surface area contributed by atoms with Gasteiger partial charge in [0.25, 0.3) is 5.91 Å². The first-order chi connectivity index (χ1) is 11.7. The molecule has 1 heterocycles. The molecule has 2 aromatic carbocycles. The van der Waals surface area contributed by atoms with Gasteiger partial charge in [-0.05, 0) is 41.8 Å². The number of likely N-dealkylation sites (tertiary alicyclic amines) is 1. The maximum absolute atomic E-state index is 12.3. The number of aliphatic hydroxyl groups excluding tert-OH is 1. The molecule has 0 radical (unpaired) electrons. The van der Waals surface area contributed by atoms with Gasteiger partial charge in [-0.3, -0.25) is 9.59 Å². The van der Waals surface area contributed by atoms with Crippen molar-refractivity contribution in [3.05, 3.63) is 65.2 Å². The van der Waals surface area contributed by atoms with Crippen LogP contribution < -0.4 is 5.32 Å². The summed E-state index contributed by atoms with van der Waals surface area (Å²) in [5.41, 5.74) is 2.97. The first kappa shape index (κ1) is 16.2. The Kier molecular flexibility index (Phi) is 4.91. The van der Waals surface area contributed by atoms with Crippen LogP contribution in [0, 0.1) is 0 Å². The van der Waals surface area contributed by atoms with Crippen LogP contribution in [0.2, 0.25) is 0 Å². The molecule has 1 aliphatic rings. The van der Waals surface area contributed by atoms with Crippen molar-refractivity contribution < 1.29 is 14.7 Å². The zero-order valence-corrected chi connectivity index (χ0v) is 13.4. The lowest BCUT2D eigenvalue weighted by Crippen LogP contribution is -2.23. The van der Waals surface area contributed by atoms with Crippen molar-refractivity contribution in [2.75, 3.05) is 11.9 Å². The van der Waals surface area contributed by atoms with Gasteiger partial charge in [-0.1, -0.05) is 24.3 Å². The fourth-order valence-corrected chi connectivity index (χ4v) is 2.80. The zero-order chi connectivity index (χ0) is 16.9. The Morgan fingerprint density at radius 1 is 1.12 bits per heavy atom. The summed E-state index contributed by atoms with van der Waals surface area (Å²) in [5.74, 6) is -0.00512. The second-order valence-corrected chi connectivity index (χ2v) is 5.93. The molecule has 0 aliphatic carbocycles. The molecule has 0 unspecified atom stereocenters. The summed E-state index contributed by atoms with van der Waals surface area (Å²) in [7, 11) is 0.